The molecule has 15 heavy (non-hydrogen) atoms. The summed E-state index contributed by atoms with van der Waals surface area (Å²) in [4.78, 5) is 11.6. The minimum absolute atomic E-state index is 0.00106. The lowest BCUT2D eigenvalue weighted by atomic mass is 10.0. The van der Waals surface area contributed by atoms with Gasteiger partial charge in [-0.05, 0) is 31.9 Å². The van der Waals surface area contributed by atoms with Crippen molar-refractivity contribution in [3.05, 3.63) is 47.5 Å². The lowest BCUT2D eigenvalue weighted by Gasteiger charge is -2.08. The number of benzene rings is 1. The first-order chi connectivity index (χ1) is 7.09. The van der Waals surface area contributed by atoms with Gasteiger partial charge in [-0.1, -0.05) is 35.9 Å². The van der Waals surface area contributed by atoms with E-state index in [-0.39, 0.29) is 5.78 Å². The second-order valence-electron chi connectivity index (χ2n) is 3.92. The van der Waals surface area contributed by atoms with Gasteiger partial charge in [-0.15, -0.1) is 0 Å². The highest BCUT2D eigenvalue weighted by molar-refractivity contribution is 5.94. The minimum atomic E-state index is -0.428. The fourth-order valence-electron chi connectivity index (χ4n) is 1.36. The third-order valence-corrected chi connectivity index (χ3v) is 2.09. The average molecular weight is 203 g/mol. The molecule has 2 N–H and O–H groups in total. The number of hydrogen-bond donors (Lipinski definition) is 1. The van der Waals surface area contributed by atoms with Crippen molar-refractivity contribution < 1.29 is 4.79 Å². The number of nitrogens with two attached hydrogens (primary N) is 1. The van der Waals surface area contributed by atoms with Gasteiger partial charge in [0.05, 0.1) is 6.04 Å². The molecule has 0 aliphatic carbocycles. The summed E-state index contributed by atoms with van der Waals surface area (Å²) in [5, 5.41) is 0. The summed E-state index contributed by atoms with van der Waals surface area (Å²) in [6.07, 6.45) is 2.21. The van der Waals surface area contributed by atoms with Gasteiger partial charge < -0.3 is 5.73 Å². The molecule has 0 saturated carbocycles. The van der Waals surface area contributed by atoms with E-state index in [1.54, 1.807) is 6.08 Å². The van der Waals surface area contributed by atoms with Gasteiger partial charge in [0.1, 0.15) is 0 Å². The molecular formula is C13H17NO. The molecule has 1 aromatic carbocycles. The van der Waals surface area contributed by atoms with Crippen LogP contribution in [0.4, 0.5) is 0 Å². The molecule has 0 spiro atoms. The summed E-state index contributed by atoms with van der Waals surface area (Å²) in [7, 11) is 0. The Hall–Kier alpha value is -1.41. The molecule has 2 heteroatoms. The Balaban J connectivity index is 2.60. The summed E-state index contributed by atoms with van der Waals surface area (Å²) in [6, 6.07) is 9.39. The summed E-state index contributed by atoms with van der Waals surface area (Å²) in [6.45, 7) is 3.79. The van der Waals surface area contributed by atoms with Crippen LogP contribution in [0.25, 0.3) is 0 Å². The van der Waals surface area contributed by atoms with Crippen LogP contribution in [0.5, 0.6) is 0 Å². The summed E-state index contributed by atoms with van der Waals surface area (Å²) >= 11 is 0. The van der Waals surface area contributed by atoms with Crippen LogP contribution < -0.4 is 5.73 Å². The van der Waals surface area contributed by atoms with E-state index >= 15 is 0 Å². The number of hydrogen-bond acceptors (Lipinski definition) is 2. The normalized spacial score (nSPS) is 11.9. The quantitative estimate of drug-likeness (QED) is 0.761. The predicted octanol–water partition coefficient (Wildman–Crippen LogP) is 2.09. The Bertz CT molecular complexity index is 350. The number of allylic oxidation sites excluding steroid dienone is 1. The van der Waals surface area contributed by atoms with Gasteiger partial charge in [-0.2, -0.15) is 0 Å². The number of rotatable bonds is 4. The van der Waals surface area contributed by atoms with Crippen LogP contribution in [0.1, 0.15) is 19.4 Å². The highest BCUT2D eigenvalue weighted by Crippen LogP contribution is 2.03. The molecule has 2 nitrogen and oxygen atoms in total. The van der Waals surface area contributed by atoms with Crippen LogP contribution >= 0.6 is 0 Å². The maximum Gasteiger partial charge on any atom is 0.172 e. The maximum absolute atomic E-state index is 11.6. The van der Waals surface area contributed by atoms with Gasteiger partial charge in [-0.3, -0.25) is 4.79 Å². The van der Waals surface area contributed by atoms with Gasteiger partial charge >= 0.3 is 0 Å². The van der Waals surface area contributed by atoms with Crippen LogP contribution in [-0.4, -0.2) is 11.8 Å². The molecule has 0 aromatic heterocycles. The Morgan fingerprint density at radius 1 is 1.33 bits per heavy atom. The summed E-state index contributed by atoms with van der Waals surface area (Å²) < 4.78 is 0. The van der Waals surface area contributed by atoms with E-state index in [1.807, 2.05) is 44.2 Å². The van der Waals surface area contributed by atoms with Crippen molar-refractivity contribution >= 4 is 5.78 Å². The lowest BCUT2D eigenvalue weighted by molar-refractivity contribution is -0.115. The predicted molar refractivity (Wildman–Crippen MR) is 62.6 cm³/mol. The molecule has 0 amide bonds. The second kappa shape index (κ2) is 5.47. The van der Waals surface area contributed by atoms with E-state index in [1.165, 1.54) is 0 Å². The minimum Gasteiger partial charge on any atom is -0.321 e. The fourth-order valence-corrected chi connectivity index (χ4v) is 1.36. The topological polar surface area (TPSA) is 43.1 Å². The number of ketones is 1. The lowest BCUT2D eigenvalue weighted by Crippen LogP contribution is -2.31. The molecule has 1 aromatic rings. The van der Waals surface area contributed by atoms with Crippen molar-refractivity contribution in [2.24, 2.45) is 5.73 Å². The van der Waals surface area contributed by atoms with Crippen LogP contribution in [0.3, 0.4) is 0 Å². The molecule has 1 atom stereocenters. The zero-order chi connectivity index (χ0) is 11.3. The van der Waals surface area contributed by atoms with Gasteiger partial charge in [-0.25, -0.2) is 0 Å². The van der Waals surface area contributed by atoms with E-state index in [0.29, 0.717) is 6.42 Å². The first-order valence-corrected chi connectivity index (χ1v) is 5.08. The maximum atomic E-state index is 11.6. The smallest absolute Gasteiger partial charge is 0.172 e. The Morgan fingerprint density at radius 3 is 2.47 bits per heavy atom. The SMILES string of the molecule is CC(C)=CC(=O)C(N)Cc1ccccc1. The van der Waals surface area contributed by atoms with Crippen molar-refractivity contribution in [1.29, 1.82) is 0 Å². The van der Waals surface area contributed by atoms with Crippen LogP contribution in [0, 0.1) is 0 Å². The van der Waals surface area contributed by atoms with E-state index in [4.69, 9.17) is 5.73 Å². The Labute approximate surface area is 90.8 Å². The van der Waals surface area contributed by atoms with Gasteiger partial charge in [0, 0.05) is 0 Å². The fraction of sp³-hybridized carbons (Fsp3) is 0.308. The zero-order valence-corrected chi connectivity index (χ0v) is 9.23. The standard InChI is InChI=1S/C13H17NO/c1-10(2)8-13(15)12(14)9-11-6-4-3-5-7-11/h3-8,12H,9,14H2,1-2H3. The molecule has 0 heterocycles. The first-order valence-electron chi connectivity index (χ1n) is 5.08. The van der Waals surface area contributed by atoms with E-state index in [2.05, 4.69) is 0 Å². The molecule has 0 aliphatic heterocycles. The van der Waals surface area contributed by atoms with Gasteiger partial charge in [0.25, 0.3) is 0 Å². The van der Waals surface area contributed by atoms with Crippen molar-refractivity contribution in [3.63, 3.8) is 0 Å². The molecule has 1 rings (SSSR count). The van der Waals surface area contributed by atoms with Crippen LogP contribution in [0.2, 0.25) is 0 Å². The van der Waals surface area contributed by atoms with Gasteiger partial charge in [0.15, 0.2) is 5.78 Å². The van der Waals surface area contributed by atoms with Gasteiger partial charge in [0.2, 0.25) is 0 Å². The summed E-state index contributed by atoms with van der Waals surface area (Å²) in [5.41, 5.74) is 7.89. The first kappa shape index (κ1) is 11.7. The third kappa shape index (κ3) is 4.09. The molecule has 0 radical (unpaired) electrons. The monoisotopic (exact) mass is 203 g/mol. The third-order valence-electron chi connectivity index (χ3n) is 2.09. The van der Waals surface area contributed by atoms with Crippen LogP contribution in [0.15, 0.2) is 42.0 Å². The van der Waals surface area contributed by atoms with Crippen molar-refractivity contribution in [2.45, 2.75) is 26.3 Å². The number of carbonyl (C=O) groups excluding carboxylic acids is 1. The highest BCUT2D eigenvalue weighted by Gasteiger charge is 2.10. The molecule has 1 unspecified atom stereocenters. The Kier molecular flexibility index (Phi) is 4.25. The average Bonchev–Trinajstić information content (AvgIpc) is 2.18. The Morgan fingerprint density at radius 2 is 1.93 bits per heavy atom. The van der Waals surface area contributed by atoms with E-state index in [9.17, 15) is 4.79 Å². The molecular weight excluding hydrogens is 186 g/mol. The molecule has 0 aliphatic rings. The molecule has 0 bridgehead atoms. The van der Waals surface area contributed by atoms with E-state index < -0.39 is 6.04 Å². The largest absolute Gasteiger partial charge is 0.321 e. The van der Waals surface area contributed by atoms with Crippen molar-refractivity contribution in [1.82, 2.24) is 0 Å². The van der Waals surface area contributed by atoms with Crippen LogP contribution in [-0.2, 0) is 11.2 Å². The summed E-state index contributed by atoms with van der Waals surface area (Å²) in [5.74, 6) is -0.00106. The second-order valence-corrected chi connectivity index (χ2v) is 3.92. The van der Waals surface area contributed by atoms with Crippen molar-refractivity contribution in [2.75, 3.05) is 0 Å². The molecule has 0 saturated heterocycles. The highest BCUT2D eigenvalue weighted by atomic mass is 16.1. The van der Waals surface area contributed by atoms with Crippen molar-refractivity contribution in [3.8, 4) is 0 Å². The molecule has 0 fully saturated rings. The van der Waals surface area contributed by atoms with E-state index in [0.717, 1.165) is 11.1 Å². The molecule has 80 valence electrons. The number of carbonyl (C=O) groups is 1. The zero-order valence-electron chi connectivity index (χ0n) is 9.23.